The number of fused-ring (bicyclic) bond motifs is 1. The van der Waals surface area contributed by atoms with Gasteiger partial charge in [0.15, 0.2) is 5.60 Å². The molecule has 2 aromatic heterocycles. The van der Waals surface area contributed by atoms with E-state index in [0.29, 0.717) is 52.1 Å². The third kappa shape index (κ3) is 3.75. The maximum absolute atomic E-state index is 10.6. The van der Waals surface area contributed by atoms with E-state index in [9.17, 15) is 10.3 Å². The standard InChI is InChI=1S/C22H25N6O3/c1-31-17-7-3-6-16-19(26-21(24)27-20(16)17)14(11-23)12-25-13-15-5-2-8-18(28(15)30)22(29)9-4-10-22/h2-3,5-8,11-12,23,25,29-30H,4,9-10,13H2,1H3,(H2,24,26,27)/q+1/b14-12+,23-11?. The normalized spacial score (nSPS) is 15.4. The highest BCUT2D eigenvalue weighted by molar-refractivity contribution is 6.12. The van der Waals surface area contributed by atoms with Gasteiger partial charge >= 0.3 is 0 Å². The van der Waals surface area contributed by atoms with Gasteiger partial charge in [-0.05, 0) is 31.4 Å². The van der Waals surface area contributed by atoms with Gasteiger partial charge in [-0.15, -0.1) is 0 Å². The summed E-state index contributed by atoms with van der Waals surface area (Å²) in [6.45, 7) is 0.277. The van der Waals surface area contributed by atoms with Crippen molar-refractivity contribution in [2.45, 2.75) is 31.4 Å². The summed E-state index contributed by atoms with van der Waals surface area (Å²) in [4.78, 5) is 8.59. The average molecular weight is 421 g/mol. The number of methoxy groups -OCH3 is 1. The van der Waals surface area contributed by atoms with Crippen molar-refractivity contribution in [1.82, 2.24) is 15.3 Å². The van der Waals surface area contributed by atoms with Gasteiger partial charge in [-0.3, -0.25) is 5.21 Å². The number of hydrogen-bond acceptors (Lipinski definition) is 8. The van der Waals surface area contributed by atoms with Crippen LogP contribution >= 0.6 is 0 Å². The quantitative estimate of drug-likeness (QED) is 0.223. The van der Waals surface area contributed by atoms with E-state index in [2.05, 4.69) is 15.3 Å². The molecule has 0 saturated heterocycles. The number of rotatable bonds is 7. The topological polar surface area (TPSA) is 141 Å². The number of hydrogen-bond donors (Lipinski definition) is 5. The van der Waals surface area contributed by atoms with E-state index in [1.54, 1.807) is 31.5 Å². The van der Waals surface area contributed by atoms with Gasteiger partial charge in [0.05, 0.1) is 12.8 Å². The molecular formula is C22H25N6O3+. The van der Waals surface area contributed by atoms with E-state index >= 15 is 0 Å². The summed E-state index contributed by atoms with van der Waals surface area (Å²) in [5, 5.41) is 32.8. The summed E-state index contributed by atoms with van der Waals surface area (Å²) in [6, 6.07) is 10.7. The second-order valence-electron chi connectivity index (χ2n) is 7.51. The number of nitrogens with zero attached hydrogens (tertiary/aromatic N) is 3. The van der Waals surface area contributed by atoms with E-state index in [4.69, 9.17) is 15.9 Å². The second-order valence-corrected chi connectivity index (χ2v) is 7.51. The molecule has 1 saturated carbocycles. The minimum atomic E-state index is -0.975. The van der Waals surface area contributed by atoms with E-state index in [0.717, 1.165) is 11.2 Å². The van der Waals surface area contributed by atoms with Crippen LogP contribution in [0.3, 0.4) is 0 Å². The summed E-state index contributed by atoms with van der Waals surface area (Å²) in [5.41, 5.74) is 7.53. The van der Waals surface area contributed by atoms with Gasteiger partial charge < -0.3 is 26.3 Å². The molecular weight excluding hydrogens is 396 g/mol. The molecule has 160 valence electrons. The first-order valence-electron chi connectivity index (χ1n) is 9.97. The third-order valence-corrected chi connectivity index (χ3v) is 5.60. The Hall–Kier alpha value is -3.72. The zero-order valence-electron chi connectivity index (χ0n) is 17.2. The van der Waals surface area contributed by atoms with Gasteiger partial charge in [0.1, 0.15) is 17.8 Å². The Morgan fingerprint density at radius 3 is 2.74 bits per heavy atom. The maximum atomic E-state index is 10.6. The van der Waals surface area contributed by atoms with Crippen LogP contribution in [-0.4, -0.2) is 33.6 Å². The zero-order valence-corrected chi connectivity index (χ0v) is 17.2. The molecule has 0 aliphatic heterocycles. The molecule has 1 aliphatic carbocycles. The third-order valence-electron chi connectivity index (χ3n) is 5.60. The molecule has 0 amide bonds. The molecule has 0 spiro atoms. The van der Waals surface area contributed by atoms with Crippen LogP contribution in [0.1, 0.15) is 36.3 Å². The smallest absolute Gasteiger partial charge is 0.265 e. The van der Waals surface area contributed by atoms with Gasteiger partial charge in [0.2, 0.25) is 5.95 Å². The molecule has 9 heteroatoms. The number of allylic oxidation sites excluding steroid dienone is 1. The molecule has 1 fully saturated rings. The van der Waals surface area contributed by atoms with Crippen molar-refractivity contribution in [1.29, 1.82) is 5.41 Å². The first kappa shape index (κ1) is 20.5. The second kappa shape index (κ2) is 8.19. The molecule has 3 aromatic rings. The molecule has 1 aliphatic rings. The van der Waals surface area contributed by atoms with E-state index in [1.807, 2.05) is 18.2 Å². The zero-order chi connectivity index (χ0) is 22.0. The SMILES string of the molecule is COc1cccc2c(/C(C=N)=C/NCc3cccc(C4(O)CCC4)[n+]3O)nc(N)nc12. The highest BCUT2D eigenvalue weighted by Gasteiger charge is 2.44. The van der Waals surface area contributed by atoms with Gasteiger partial charge in [0.25, 0.3) is 11.4 Å². The molecule has 4 rings (SSSR count). The lowest BCUT2D eigenvalue weighted by atomic mass is 9.77. The fourth-order valence-electron chi connectivity index (χ4n) is 3.77. The van der Waals surface area contributed by atoms with Crippen LogP contribution in [0.4, 0.5) is 5.95 Å². The lowest BCUT2D eigenvalue weighted by Crippen LogP contribution is -2.50. The molecule has 0 unspecified atom stereocenters. The number of aromatic nitrogens is 3. The molecule has 2 heterocycles. The lowest BCUT2D eigenvalue weighted by Gasteiger charge is -2.32. The van der Waals surface area contributed by atoms with Gasteiger partial charge in [0, 0.05) is 40.2 Å². The van der Waals surface area contributed by atoms with Crippen LogP contribution < -0.4 is 20.5 Å². The lowest BCUT2D eigenvalue weighted by molar-refractivity contribution is -0.918. The predicted molar refractivity (Wildman–Crippen MR) is 116 cm³/mol. The Morgan fingerprint density at radius 2 is 2.06 bits per heavy atom. The van der Waals surface area contributed by atoms with Crippen molar-refractivity contribution < 1.29 is 19.8 Å². The summed E-state index contributed by atoms with van der Waals surface area (Å²) in [6.07, 6.45) is 5.01. The van der Waals surface area contributed by atoms with Gasteiger partial charge in [-0.25, -0.2) is 9.97 Å². The molecule has 9 nitrogen and oxygen atoms in total. The molecule has 0 radical (unpaired) electrons. The summed E-state index contributed by atoms with van der Waals surface area (Å²) in [7, 11) is 1.56. The number of aliphatic hydroxyl groups is 1. The average Bonchev–Trinajstić information content (AvgIpc) is 2.75. The minimum Gasteiger partial charge on any atom is -0.494 e. The van der Waals surface area contributed by atoms with Crippen LogP contribution in [0, 0.1) is 5.41 Å². The van der Waals surface area contributed by atoms with Crippen molar-refractivity contribution in [2.75, 3.05) is 12.8 Å². The summed E-state index contributed by atoms with van der Waals surface area (Å²) < 4.78 is 6.40. The Bertz CT molecular complexity index is 1170. The van der Waals surface area contributed by atoms with Gasteiger partial charge in [-0.1, -0.05) is 12.1 Å². The number of nitrogens with one attached hydrogen (secondary N) is 2. The Balaban J connectivity index is 1.63. The maximum Gasteiger partial charge on any atom is 0.265 e. The summed E-state index contributed by atoms with van der Waals surface area (Å²) >= 11 is 0. The number of ether oxygens (including phenoxy) is 1. The van der Waals surface area contributed by atoms with Crippen molar-refractivity contribution >= 4 is 28.6 Å². The fourth-order valence-corrected chi connectivity index (χ4v) is 3.77. The van der Waals surface area contributed by atoms with Crippen molar-refractivity contribution in [3.8, 4) is 5.75 Å². The monoisotopic (exact) mass is 421 g/mol. The van der Waals surface area contributed by atoms with Crippen LogP contribution in [-0.2, 0) is 12.1 Å². The first-order chi connectivity index (χ1) is 15.0. The Morgan fingerprint density at radius 1 is 1.29 bits per heavy atom. The Kier molecular flexibility index (Phi) is 5.43. The van der Waals surface area contributed by atoms with Crippen LogP contribution in [0.15, 0.2) is 42.6 Å². The van der Waals surface area contributed by atoms with Crippen molar-refractivity contribution in [3.63, 3.8) is 0 Å². The first-order valence-corrected chi connectivity index (χ1v) is 9.97. The van der Waals surface area contributed by atoms with E-state index in [1.165, 1.54) is 6.21 Å². The van der Waals surface area contributed by atoms with Gasteiger partial charge in [-0.2, -0.15) is 0 Å². The number of anilines is 1. The largest absolute Gasteiger partial charge is 0.494 e. The summed E-state index contributed by atoms with van der Waals surface area (Å²) in [5.74, 6) is 0.645. The number of pyridine rings is 1. The van der Waals surface area contributed by atoms with E-state index in [-0.39, 0.29) is 12.5 Å². The number of nitrogens with two attached hydrogens (primary N) is 1. The minimum absolute atomic E-state index is 0.0781. The number of para-hydroxylation sites is 1. The molecule has 0 bridgehead atoms. The molecule has 6 N–H and O–H groups in total. The highest BCUT2D eigenvalue weighted by Crippen LogP contribution is 2.39. The van der Waals surface area contributed by atoms with Crippen LogP contribution in [0.2, 0.25) is 0 Å². The molecule has 0 atom stereocenters. The molecule has 31 heavy (non-hydrogen) atoms. The van der Waals surface area contributed by atoms with E-state index < -0.39 is 5.60 Å². The van der Waals surface area contributed by atoms with Crippen molar-refractivity contribution in [2.24, 2.45) is 0 Å². The predicted octanol–water partition coefficient (Wildman–Crippen LogP) is 1.90. The number of benzene rings is 1. The van der Waals surface area contributed by atoms with Crippen molar-refractivity contribution in [3.05, 3.63) is 59.7 Å². The fraction of sp³-hybridized carbons (Fsp3) is 0.273. The highest BCUT2D eigenvalue weighted by atomic mass is 16.5. The Labute approximate surface area is 179 Å². The van der Waals surface area contributed by atoms with Crippen LogP contribution in [0.5, 0.6) is 5.75 Å². The number of nitrogen functional groups attached to an aromatic ring is 1. The van der Waals surface area contributed by atoms with Crippen LogP contribution in [0.25, 0.3) is 16.5 Å². The molecule has 1 aromatic carbocycles.